The van der Waals surface area contributed by atoms with Crippen molar-refractivity contribution < 1.29 is 0 Å². The van der Waals surface area contributed by atoms with Gasteiger partial charge >= 0.3 is 5.69 Å². The van der Waals surface area contributed by atoms with E-state index in [1.54, 1.807) is 0 Å². The molecule has 1 aromatic carbocycles. The summed E-state index contributed by atoms with van der Waals surface area (Å²) in [6.07, 6.45) is 9.05. The Balaban J connectivity index is 1.95. The van der Waals surface area contributed by atoms with Crippen LogP contribution >= 0.6 is 0 Å². The van der Waals surface area contributed by atoms with E-state index in [9.17, 15) is 4.79 Å². The second-order valence-corrected chi connectivity index (χ2v) is 3.91. The van der Waals surface area contributed by atoms with Gasteiger partial charge in [-0.25, -0.2) is 4.79 Å². The fraction of sp³-hybridized carbons (Fsp3) is 0.0769. The Kier molecular flexibility index (Phi) is 2.26. The van der Waals surface area contributed by atoms with Crippen molar-refractivity contribution in [1.29, 1.82) is 0 Å². The molecule has 4 heteroatoms. The van der Waals surface area contributed by atoms with Crippen LogP contribution in [-0.4, -0.2) is 16.2 Å². The second kappa shape index (κ2) is 3.90. The van der Waals surface area contributed by atoms with Crippen LogP contribution in [0.1, 0.15) is 6.42 Å². The molecule has 1 aromatic heterocycles. The third-order valence-electron chi connectivity index (χ3n) is 2.66. The minimum absolute atomic E-state index is 0.192. The predicted molar refractivity (Wildman–Crippen MR) is 68.9 cm³/mol. The Morgan fingerprint density at radius 3 is 2.94 bits per heavy atom. The molecule has 0 saturated carbocycles. The molecule has 0 bridgehead atoms. The molecule has 1 heterocycles. The van der Waals surface area contributed by atoms with Gasteiger partial charge in [-0.2, -0.15) is 0 Å². The molecule has 1 aliphatic carbocycles. The molecule has 0 atom stereocenters. The number of aromatic amines is 2. The number of nitrogens with one attached hydrogen (secondary N) is 2. The number of fused-ring (bicyclic) bond motifs is 1. The lowest BCUT2D eigenvalue weighted by atomic mass is 10.2. The lowest BCUT2D eigenvalue weighted by molar-refractivity contribution is 1.21. The van der Waals surface area contributed by atoms with Gasteiger partial charge in [0, 0.05) is 6.21 Å². The van der Waals surface area contributed by atoms with Crippen molar-refractivity contribution in [1.82, 2.24) is 9.97 Å². The highest BCUT2D eigenvalue weighted by atomic mass is 16.1. The minimum Gasteiger partial charge on any atom is -0.306 e. The van der Waals surface area contributed by atoms with Gasteiger partial charge in [0.05, 0.1) is 16.7 Å². The number of aliphatic imine (C=N–C) groups is 1. The highest BCUT2D eigenvalue weighted by Gasteiger charge is 1.99. The molecule has 0 amide bonds. The molecule has 3 rings (SSSR count). The first-order valence-corrected chi connectivity index (χ1v) is 5.44. The van der Waals surface area contributed by atoms with E-state index in [1.807, 2.05) is 30.5 Å². The Morgan fingerprint density at radius 1 is 1.24 bits per heavy atom. The SMILES string of the molecule is O=c1[nH]c2ccc(N=CC3=CCC=C3)cc2[nH]1. The molecule has 2 aromatic rings. The van der Waals surface area contributed by atoms with E-state index in [4.69, 9.17) is 0 Å². The average molecular weight is 225 g/mol. The van der Waals surface area contributed by atoms with Crippen LogP contribution in [0.15, 0.2) is 51.8 Å². The van der Waals surface area contributed by atoms with Crippen molar-refractivity contribution in [2.45, 2.75) is 6.42 Å². The molecule has 4 nitrogen and oxygen atoms in total. The van der Waals surface area contributed by atoms with Crippen LogP contribution in [0, 0.1) is 0 Å². The van der Waals surface area contributed by atoms with Crippen molar-refractivity contribution >= 4 is 22.9 Å². The van der Waals surface area contributed by atoms with Crippen LogP contribution < -0.4 is 5.69 Å². The number of aromatic nitrogens is 2. The monoisotopic (exact) mass is 225 g/mol. The molecule has 0 fully saturated rings. The van der Waals surface area contributed by atoms with Crippen molar-refractivity contribution in [2.24, 2.45) is 4.99 Å². The van der Waals surface area contributed by atoms with E-state index in [0.717, 1.165) is 28.7 Å². The molecule has 84 valence electrons. The van der Waals surface area contributed by atoms with Crippen molar-refractivity contribution in [2.75, 3.05) is 0 Å². The number of allylic oxidation sites excluding steroid dienone is 4. The first kappa shape index (κ1) is 9.84. The van der Waals surface area contributed by atoms with E-state index >= 15 is 0 Å². The summed E-state index contributed by atoms with van der Waals surface area (Å²) >= 11 is 0. The van der Waals surface area contributed by atoms with Gasteiger partial charge in [-0.3, -0.25) is 4.99 Å². The Bertz CT molecular complexity index is 701. The van der Waals surface area contributed by atoms with Gasteiger partial charge in [-0.1, -0.05) is 18.2 Å². The van der Waals surface area contributed by atoms with Gasteiger partial charge in [0.15, 0.2) is 0 Å². The van der Waals surface area contributed by atoms with Crippen LogP contribution in [0.5, 0.6) is 0 Å². The predicted octanol–water partition coefficient (Wildman–Crippen LogP) is 2.44. The van der Waals surface area contributed by atoms with Crippen LogP contribution in [-0.2, 0) is 0 Å². The fourth-order valence-electron chi connectivity index (χ4n) is 1.82. The summed E-state index contributed by atoms with van der Waals surface area (Å²) in [5.74, 6) is 0. The largest absolute Gasteiger partial charge is 0.323 e. The number of imidazole rings is 1. The summed E-state index contributed by atoms with van der Waals surface area (Å²) in [4.78, 5) is 20.9. The smallest absolute Gasteiger partial charge is 0.306 e. The molecule has 0 spiro atoms. The molecule has 0 radical (unpaired) electrons. The number of H-pyrrole nitrogens is 2. The van der Waals surface area contributed by atoms with Gasteiger partial charge in [-0.05, 0) is 30.2 Å². The van der Waals surface area contributed by atoms with Crippen molar-refractivity contribution in [3.05, 3.63) is 52.5 Å². The normalized spacial score (nSPS) is 14.9. The fourth-order valence-corrected chi connectivity index (χ4v) is 1.82. The molecule has 2 N–H and O–H groups in total. The van der Waals surface area contributed by atoms with Crippen LogP contribution in [0.4, 0.5) is 5.69 Å². The number of rotatable bonds is 2. The third kappa shape index (κ3) is 1.97. The minimum atomic E-state index is -0.192. The number of benzene rings is 1. The molecule has 0 saturated heterocycles. The van der Waals surface area contributed by atoms with Gasteiger partial charge in [0.2, 0.25) is 0 Å². The first-order chi connectivity index (χ1) is 8.31. The molecule has 17 heavy (non-hydrogen) atoms. The van der Waals surface area contributed by atoms with Crippen LogP contribution in [0.2, 0.25) is 0 Å². The average Bonchev–Trinajstić information content (AvgIpc) is 2.92. The highest BCUT2D eigenvalue weighted by Crippen LogP contribution is 2.17. The van der Waals surface area contributed by atoms with Gasteiger partial charge in [0.1, 0.15) is 0 Å². The molecule has 0 unspecified atom stereocenters. The topological polar surface area (TPSA) is 61.0 Å². The maximum Gasteiger partial charge on any atom is 0.323 e. The standard InChI is InChI=1S/C13H11N3O/c17-13-15-11-6-5-10(7-12(11)16-13)14-8-9-3-1-2-4-9/h1,3-8H,2H2,(H2,15,16,17). The summed E-state index contributed by atoms with van der Waals surface area (Å²) in [5.41, 5.74) is 3.33. The van der Waals surface area contributed by atoms with E-state index in [1.165, 1.54) is 0 Å². The summed E-state index contributed by atoms with van der Waals surface area (Å²) in [5, 5.41) is 0. The van der Waals surface area contributed by atoms with Gasteiger partial charge in [0.25, 0.3) is 0 Å². The lowest BCUT2D eigenvalue weighted by Crippen LogP contribution is -1.99. The Hall–Kier alpha value is -2.36. The first-order valence-electron chi connectivity index (χ1n) is 5.44. The number of nitrogens with zero attached hydrogens (tertiary/aromatic N) is 1. The second-order valence-electron chi connectivity index (χ2n) is 3.91. The van der Waals surface area contributed by atoms with Gasteiger partial charge in [-0.15, -0.1) is 0 Å². The maximum atomic E-state index is 11.1. The maximum absolute atomic E-state index is 11.1. The molecular weight excluding hydrogens is 214 g/mol. The quantitative estimate of drug-likeness (QED) is 0.757. The third-order valence-corrected chi connectivity index (χ3v) is 2.66. The van der Waals surface area contributed by atoms with E-state index in [2.05, 4.69) is 27.1 Å². The number of hydrogen-bond acceptors (Lipinski definition) is 2. The Morgan fingerprint density at radius 2 is 2.12 bits per heavy atom. The zero-order chi connectivity index (χ0) is 11.7. The molecule has 0 aliphatic heterocycles. The zero-order valence-corrected chi connectivity index (χ0v) is 9.10. The van der Waals surface area contributed by atoms with Gasteiger partial charge < -0.3 is 9.97 Å². The summed E-state index contributed by atoms with van der Waals surface area (Å²) in [6, 6.07) is 5.57. The molecular formula is C13H11N3O. The summed E-state index contributed by atoms with van der Waals surface area (Å²) < 4.78 is 0. The van der Waals surface area contributed by atoms with Crippen molar-refractivity contribution in [3.63, 3.8) is 0 Å². The highest BCUT2D eigenvalue weighted by molar-refractivity contribution is 5.86. The summed E-state index contributed by atoms with van der Waals surface area (Å²) in [7, 11) is 0. The zero-order valence-electron chi connectivity index (χ0n) is 9.10. The van der Waals surface area contributed by atoms with Crippen LogP contribution in [0.25, 0.3) is 11.0 Å². The Labute approximate surface area is 97.4 Å². The number of hydrogen-bond donors (Lipinski definition) is 2. The summed E-state index contributed by atoms with van der Waals surface area (Å²) in [6.45, 7) is 0. The van der Waals surface area contributed by atoms with Crippen LogP contribution in [0.3, 0.4) is 0 Å². The lowest BCUT2D eigenvalue weighted by Gasteiger charge is -1.93. The molecule has 1 aliphatic rings. The van der Waals surface area contributed by atoms with E-state index < -0.39 is 0 Å². The van der Waals surface area contributed by atoms with E-state index in [-0.39, 0.29) is 5.69 Å². The van der Waals surface area contributed by atoms with Crippen molar-refractivity contribution in [3.8, 4) is 0 Å². The van der Waals surface area contributed by atoms with E-state index in [0.29, 0.717) is 0 Å².